The molecule has 0 bridgehead atoms. The summed E-state index contributed by atoms with van der Waals surface area (Å²) in [7, 11) is 1.65. The Morgan fingerprint density at radius 1 is 1.18 bits per heavy atom. The Balaban J connectivity index is 2.23. The molecule has 2 heterocycles. The second-order valence-electron chi connectivity index (χ2n) is 5.17. The number of hydrogen-bond acceptors (Lipinski definition) is 5. The van der Waals surface area contributed by atoms with Crippen LogP contribution in [0.3, 0.4) is 0 Å². The molecule has 0 amide bonds. The Kier molecular flexibility index (Phi) is 3.66. The number of aromatic nitrogens is 4. The van der Waals surface area contributed by atoms with E-state index in [0.717, 1.165) is 46.9 Å². The van der Waals surface area contributed by atoms with Gasteiger partial charge in [0.15, 0.2) is 0 Å². The number of nitrogen functional groups attached to an aromatic ring is 1. The Hall–Kier alpha value is -2.63. The number of imidazole rings is 1. The summed E-state index contributed by atoms with van der Waals surface area (Å²) >= 11 is 0. The topological polar surface area (TPSA) is 78.3 Å². The highest BCUT2D eigenvalue weighted by molar-refractivity contribution is 5.79. The summed E-state index contributed by atoms with van der Waals surface area (Å²) in [5.74, 6) is 1.96. The van der Waals surface area contributed by atoms with Crippen LogP contribution < -0.4 is 10.5 Å². The lowest BCUT2D eigenvalue weighted by Crippen LogP contribution is -2.06. The van der Waals surface area contributed by atoms with Crippen molar-refractivity contribution >= 4 is 11.5 Å². The molecular formula is C16H19N5O. The predicted octanol–water partition coefficient (Wildman–Crippen LogP) is 2.64. The van der Waals surface area contributed by atoms with Crippen LogP contribution in [0, 0.1) is 6.92 Å². The molecule has 0 saturated carbocycles. The van der Waals surface area contributed by atoms with Crippen LogP contribution in [-0.2, 0) is 6.42 Å². The van der Waals surface area contributed by atoms with Crippen molar-refractivity contribution in [3.05, 3.63) is 35.8 Å². The number of hydrogen-bond donors (Lipinski definition) is 1. The smallest absolute Gasteiger partial charge is 0.239 e. The lowest BCUT2D eigenvalue weighted by Gasteiger charge is -2.07. The summed E-state index contributed by atoms with van der Waals surface area (Å²) < 4.78 is 7.02. The number of nitrogens with two attached hydrogens (primary N) is 1. The first-order valence-electron chi connectivity index (χ1n) is 7.30. The number of nitrogens with zero attached hydrogens (tertiary/aromatic N) is 4. The van der Waals surface area contributed by atoms with Crippen LogP contribution >= 0.6 is 0 Å². The Morgan fingerprint density at radius 2 is 1.91 bits per heavy atom. The van der Waals surface area contributed by atoms with Crippen LogP contribution in [0.15, 0.2) is 24.3 Å². The lowest BCUT2D eigenvalue weighted by molar-refractivity contribution is 0.415. The van der Waals surface area contributed by atoms with E-state index in [2.05, 4.69) is 22.0 Å². The fourth-order valence-electron chi connectivity index (χ4n) is 2.58. The molecule has 0 spiro atoms. The molecule has 3 aromatic rings. The Bertz CT molecular complexity index is 808. The van der Waals surface area contributed by atoms with Gasteiger partial charge in [-0.25, -0.2) is 14.5 Å². The van der Waals surface area contributed by atoms with Crippen molar-refractivity contribution in [1.82, 2.24) is 19.6 Å². The van der Waals surface area contributed by atoms with Gasteiger partial charge in [0, 0.05) is 12.0 Å². The minimum atomic E-state index is 0.244. The number of benzene rings is 1. The van der Waals surface area contributed by atoms with E-state index in [1.807, 2.05) is 35.7 Å². The van der Waals surface area contributed by atoms with Gasteiger partial charge in [-0.1, -0.05) is 6.92 Å². The molecule has 2 N–H and O–H groups in total. The maximum atomic E-state index is 5.90. The number of ether oxygens (including phenoxy) is 1. The summed E-state index contributed by atoms with van der Waals surface area (Å²) in [4.78, 5) is 9.05. The van der Waals surface area contributed by atoms with Crippen LogP contribution in [0.25, 0.3) is 16.8 Å². The molecule has 0 unspecified atom stereocenters. The molecule has 2 aromatic heterocycles. The van der Waals surface area contributed by atoms with Gasteiger partial charge < -0.3 is 10.5 Å². The van der Waals surface area contributed by atoms with Crippen molar-refractivity contribution in [2.24, 2.45) is 0 Å². The number of methoxy groups -OCH3 is 1. The van der Waals surface area contributed by atoms with E-state index in [1.54, 1.807) is 7.11 Å². The molecule has 3 rings (SSSR count). The molecule has 0 saturated heterocycles. The van der Waals surface area contributed by atoms with Gasteiger partial charge in [-0.15, -0.1) is 5.10 Å². The van der Waals surface area contributed by atoms with Gasteiger partial charge in [0.1, 0.15) is 22.8 Å². The lowest BCUT2D eigenvalue weighted by atomic mass is 10.1. The minimum absolute atomic E-state index is 0.244. The van der Waals surface area contributed by atoms with E-state index in [1.165, 1.54) is 0 Å². The van der Waals surface area contributed by atoms with Crippen molar-refractivity contribution in [2.75, 3.05) is 12.8 Å². The van der Waals surface area contributed by atoms with Crippen molar-refractivity contribution < 1.29 is 4.74 Å². The third-order valence-electron chi connectivity index (χ3n) is 3.59. The molecule has 0 atom stereocenters. The average Bonchev–Trinajstić information content (AvgIpc) is 2.83. The molecule has 0 radical (unpaired) electrons. The van der Waals surface area contributed by atoms with Gasteiger partial charge in [0.25, 0.3) is 0 Å². The largest absolute Gasteiger partial charge is 0.497 e. The standard InChI is InChI=1S/C16H19N5O/c1-4-5-13-18-10(2)15-14(19-16(17)20-21(13)15)11-6-8-12(22-3)9-7-11/h6-9H,4-5H2,1-3H3,(H2,17,20). The molecule has 1 aromatic carbocycles. The van der Waals surface area contributed by atoms with Gasteiger partial charge in [-0.2, -0.15) is 0 Å². The zero-order valence-corrected chi connectivity index (χ0v) is 13.0. The van der Waals surface area contributed by atoms with Crippen LogP contribution in [0.4, 0.5) is 5.95 Å². The van der Waals surface area contributed by atoms with Crippen molar-refractivity contribution in [1.29, 1.82) is 0 Å². The van der Waals surface area contributed by atoms with E-state index in [0.29, 0.717) is 0 Å². The monoisotopic (exact) mass is 297 g/mol. The number of fused-ring (bicyclic) bond motifs is 1. The molecule has 0 aliphatic carbocycles. The van der Waals surface area contributed by atoms with Gasteiger partial charge in [0.2, 0.25) is 5.95 Å². The zero-order chi connectivity index (χ0) is 15.7. The number of aryl methyl sites for hydroxylation is 2. The van der Waals surface area contributed by atoms with Gasteiger partial charge in [-0.3, -0.25) is 0 Å². The van der Waals surface area contributed by atoms with Crippen molar-refractivity contribution in [3.63, 3.8) is 0 Å². The second-order valence-corrected chi connectivity index (χ2v) is 5.17. The SMILES string of the molecule is CCCc1nc(C)c2c(-c3ccc(OC)cc3)nc(N)nn12. The highest BCUT2D eigenvalue weighted by atomic mass is 16.5. The van der Waals surface area contributed by atoms with Crippen LogP contribution in [0.1, 0.15) is 24.9 Å². The molecular weight excluding hydrogens is 278 g/mol. The van der Waals surface area contributed by atoms with Crippen molar-refractivity contribution in [2.45, 2.75) is 26.7 Å². The molecule has 0 fully saturated rings. The maximum absolute atomic E-state index is 5.90. The summed E-state index contributed by atoms with van der Waals surface area (Å²) in [5.41, 5.74) is 9.47. The third-order valence-corrected chi connectivity index (χ3v) is 3.59. The molecule has 6 nitrogen and oxygen atoms in total. The Labute approximate surface area is 129 Å². The fourth-order valence-corrected chi connectivity index (χ4v) is 2.58. The average molecular weight is 297 g/mol. The van der Waals surface area contributed by atoms with Gasteiger partial charge in [0.05, 0.1) is 12.8 Å². The molecule has 22 heavy (non-hydrogen) atoms. The third kappa shape index (κ3) is 2.36. The van der Waals surface area contributed by atoms with Crippen molar-refractivity contribution in [3.8, 4) is 17.0 Å². The van der Waals surface area contributed by atoms with E-state index in [9.17, 15) is 0 Å². The number of anilines is 1. The van der Waals surface area contributed by atoms with Crippen LogP contribution in [0.2, 0.25) is 0 Å². The normalized spacial score (nSPS) is 11.0. The van der Waals surface area contributed by atoms with Crippen LogP contribution in [-0.4, -0.2) is 26.7 Å². The quantitative estimate of drug-likeness (QED) is 0.801. The van der Waals surface area contributed by atoms with E-state index in [-0.39, 0.29) is 5.95 Å². The maximum Gasteiger partial charge on any atom is 0.239 e. The molecule has 0 aliphatic heterocycles. The minimum Gasteiger partial charge on any atom is -0.497 e. The Morgan fingerprint density at radius 3 is 2.55 bits per heavy atom. The number of rotatable bonds is 4. The van der Waals surface area contributed by atoms with Crippen LogP contribution in [0.5, 0.6) is 5.75 Å². The van der Waals surface area contributed by atoms with Gasteiger partial charge >= 0.3 is 0 Å². The summed E-state index contributed by atoms with van der Waals surface area (Å²) in [5, 5.41) is 4.33. The second kappa shape index (κ2) is 5.63. The first-order chi connectivity index (χ1) is 10.6. The summed E-state index contributed by atoms with van der Waals surface area (Å²) in [6.45, 7) is 4.09. The predicted molar refractivity (Wildman–Crippen MR) is 85.9 cm³/mol. The molecule has 0 aliphatic rings. The van der Waals surface area contributed by atoms with Gasteiger partial charge in [-0.05, 0) is 37.6 Å². The molecule has 114 valence electrons. The first-order valence-corrected chi connectivity index (χ1v) is 7.30. The zero-order valence-electron chi connectivity index (χ0n) is 13.0. The fraction of sp³-hybridized carbons (Fsp3) is 0.312. The molecule has 6 heteroatoms. The van der Waals surface area contributed by atoms with E-state index < -0.39 is 0 Å². The highest BCUT2D eigenvalue weighted by Crippen LogP contribution is 2.27. The van der Waals surface area contributed by atoms with E-state index in [4.69, 9.17) is 10.5 Å². The highest BCUT2D eigenvalue weighted by Gasteiger charge is 2.16. The summed E-state index contributed by atoms with van der Waals surface area (Å²) in [6.07, 6.45) is 1.86. The summed E-state index contributed by atoms with van der Waals surface area (Å²) in [6, 6.07) is 7.74. The first kappa shape index (κ1) is 14.3. The van der Waals surface area contributed by atoms with E-state index >= 15 is 0 Å².